The Morgan fingerprint density at radius 2 is 2.12 bits per heavy atom. The lowest BCUT2D eigenvalue weighted by Gasteiger charge is -2.10. The lowest BCUT2D eigenvalue weighted by Crippen LogP contribution is -2.12. The number of carboxylic acid groups (broad SMARTS) is 1. The molecule has 0 radical (unpaired) electrons. The molecular formula is C18H19ClN2O4. The predicted octanol–water partition coefficient (Wildman–Crippen LogP) is 3.60. The average Bonchev–Trinajstić information content (AvgIpc) is 3.22. The van der Waals surface area contributed by atoms with Gasteiger partial charge in [-0.3, -0.25) is 0 Å². The first-order valence-corrected chi connectivity index (χ1v) is 8.49. The normalized spacial score (nSPS) is 16.1. The molecule has 25 heavy (non-hydrogen) atoms. The minimum absolute atomic E-state index is 0.0378. The molecule has 132 valence electrons. The Labute approximate surface area is 150 Å². The maximum Gasteiger partial charge on any atom is 0.335 e. The van der Waals surface area contributed by atoms with Crippen LogP contribution < -0.4 is 0 Å². The molecule has 0 spiro atoms. The van der Waals surface area contributed by atoms with Gasteiger partial charge in [-0.2, -0.15) is 0 Å². The third-order valence-electron chi connectivity index (χ3n) is 4.51. The average molecular weight is 363 g/mol. The highest BCUT2D eigenvalue weighted by molar-refractivity contribution is 6.33. The number of aliphatic carboxylic acids is 1. The van der Waals surface area contributed by atoms with E-state index in [2.05, 4.69) is 10.2 Å². The topological polar surface area (TPSA) is 96.5 Å². The Kier molecular flexibility index (Phi) is 4.67. The Morgan fingerprint density at radius 1 is 1.40 bits per heavy atom. The van der Waals surface area contributed by atoms with Crippen molar-refractivity contribution in [3.8, 4) is 11.5 Å². The number of nitrogens with zero attached hydrogens (tertiary/aromatic N) is 2. The summed E-state index contributed by atoms with van der Waals surface area (Å²) in [6.07, 6.45) is 3.87. The van der Waals surface area contributed by atoms with Crippen LogP contribution in [0.2, 0.25) is 5.02 Å². The first kappa shape index (κ1) is 17.6. The van der Waals surface area contributed by atoms with E-state index in [1.165, 1.54) is 0 Å². The van der Waals surface area contributed by atoms with E-state index in [-0.39, 0.29) is 18.1 Å². The molecule has 1 aliphatic rings. The van der Waals surface area contributed by atoms with Gasteiger partial charge in [-0.15, -0.1) is 10.2 Å². The number of aryl methyl sites for hydroxylation is 1. The Hall–Kier alpha value is -2.18. The van der Waals surface area contributed by atoms with Gasteiger partial charge in [-0.05, 0) is 49.4 Å². The van der Waals surface area contributed by atoms with Crippen LogP contribution in [0.4, 0.5) is 0 Å². The van der Waals surface area contributed by atoms with E-state index < -0.39 is 11.4 Å². The second kappa shape index (κ2) is 6.61. The van der Waals surface area contributed by atoms with Gasteiger partial charge in [-0.25, -0.2) is 4.79 Å². The van der Waals surface area contributed by atoms with Gasteiger partial charge >= 0.3 is 5.97 Å². The molecule has 1 saturated carbocycles. The zero-order valence-corrected chi connectivity index (χ0v) is 14.8. The van der Waals surface area contributed by atoms with Crippen LogP contribution in [0.3, 0.4) is 0 Å². The van der Waals surface area contributed by atoms with Gasteiger partial charge in [0, 0.05) is 0 Å². The van der Waals surface area contributed by atoms with E-state index in [0.29, 0.717) is 28.5 Å². The number of hydrogen-bond donors (Lipinski definition) is 2. The summed E-state index contributed by atoms with van der Waals surface area (Å²) in [4.78, 5) is 11.6. The second-order valence-corrected chi connectivity index (χ2v) is 6.74. The highest BCUT2D eigenvalue weighted by Crippen LogP contribution is 2.47. The second-order valence-electron chi connectivity index (χ2n) is 6.33. The molecule has 7 heteroatoms. The molecule has 0 unspecified atom stereocenters. The number of rotatable bonds is 6. The summed E-state index contributed by atoms with van der Waals surface area (Å²) in [5.41, 5.74) is 1.59. The summed E-state index contributed by atoms with van der Waals surface area (Å²) >= 11 is 6.33. The van der Waals surface area contributed by atoms with Crippen LogP contribution in [-0.4, -0.2) is 33.0 Å². The number of allylic oxidation sites excluding steroid dienone is 1. The SMILES string of the molecule is CC/C=C(/C(=O)O)c1cc(-c2nnc(C3(CO)CC3)o2)c(Cl)cc1C. The number of aliphatic hydroxyl groups excluding tert-OH is 1. The zero-order chi connectivity index (χ0) is 18.2. The molecule has 1 heterocycles. The summed E-state index contributed by atoms with van der Waals surface area (Å²) in [5, 5.41) is 27.5. The summed E-state index contributed by atoms with van der Waals surface area (Å²) in [7, 11) is 0. The van der Waals surface area contributed by atoms with Gasteiger partial charge < -0.3 is 14.6 Å². The van der Waals surface area contributed by atoms with E-state index in [4.69, 9.17) is 16.0 Å². The van der Waals surface area contributed by atoms with E-state index in [1.54, 1.807) is 18.2 Å². The lowest BCUT2D eigenvalue weighted by atomic mass is 9.97. The molecule has 0 bridgehead atoms. The van der Waals surface area contributed by atoms with Crippen molar-refractivity contribution in [2.24, 2.45) is 0 Å². The van der Waals surface area contributed by atoms with Crippen LogP contribution in [-0.2, 0) is 10.2 Å². The van der Waals surface area contributed by atoms with Gasteiger partial charge in [0.15, 0.2) is 0 Å². The van der Waals surface area contributed by atoms with Gasteiger partial charge in [0.1, 0.15) is 0 Å². The molecule has 2 N–H and O–H groups in total. The number of hydrogen-bond acceptors (Lipinski definition) is 5. The molecule has 0 aliphatic heterocycles. The van der Waals surface area contributed by atoms with Gasteiger partial charge in [-0.1, -0.05) is 24.6 Å². The lowest BCUT2D eigenvalue weighted by molar-refractivity contribution is -0.130. The van der Waals surface area contributed by atoms with Gasteiger partial charge in [0.2, 0.25) is 11.8 Å². The highest BCUT2D eigenvalue weighted by Gasteiger charge is 2.49. The Balaban J connectivity index is 2.07. The zero-order valence-electron chi connectivity index (χ0n) is 14.0. The number of halogens is 1. The fourth-order valence-electron chi connectivity index (χ4n) is 2.78. The van der Waals surface area contributed by atoms with Crippen molar-refractivity contribution < 1.29 is 19.4 Å². The number of aromatic nitrogens is 2. The van der Waals surface area contributed by atoms with Crippen molar-refractivity contribution in [1.29, 1.82) is 0 Å². The molecule has 0 atom stereocenters. The van der Waals surface area contributed by atoms with Crippen molar-refractivity contribution in [3.05, 3.63) is 40.2 Å². The molecule has 1 aromatic carbocycles. The molecule has 1 fully saturated rings. The maximum atomic E-state index is 11.6. The fraction of sp³-hybridized carbons (Fsp3) is 0.389. The van der Waals surface area contributed by atoms with Crippen molar-refractivity contribution in [3.63, 3.8) is 0 Å². The molecule has 1 aliphatic carbocycles. The predicted molar refractivity (Wildman–Crippen MR) is 93.4 cm³/mol. The highest BCUT2D eigenvalue weighted by atomic mass is 35.5. The minimum Gasteiger partial charge on any atom is -0.478 e. The number of carboxylic acids is 1. The molecule has 2 aromatic rings. The quantitative estimate of drug-likeness (QED) is 0.762. The number of carbonyl (C=O) groups is 1. The molecule has 6 nitrogen and oxygen atoms in total. The third kappa shape index (κ3) is 3.19. The van der Waals surface area contributed by atoms with E-state index in [0.717, 1.165) is 18.4 Å². The molecule has 0 saturated heterocycles. The van der Waals surface area contributed by atoms with Gasteiger partial charge in [0.05, 0.1) is 28.2 Å². The minimum atomic E-state index is -0.998. The maximum absolute atomic E-state index is 11.6. The molecule has 1 aromatic heterocycles. The first-order valence-electron chi connectivity index (χ1n) is 8.11. The van der Waals surface area contributed by atoms with E-state index in [9.17, 15) is 15.0 Å². The van der Waals surface area contributed by atoms with E-state index in [1.807, 2.05) is 13.8 Å². The van der Waals surface area contributed by atoms with E-state index >= 15 is 0 Å². The monoisotopic (exact) mass is 362 g/mol. The Bertz CT molecular complexity index is 853. The van der Waals surface area contributed by atoms with Crippen molar-refractivity contribution in [2.45, 2.75) is 38.5 Å². The summed E-state index contributed by atoms with van der Waals surface area (Å²) in [6, 6.07) is 3.37. The summed E-state index contributed by atoms with van der Waals surface area (Å²) in [5.74, 6) is -0.380. The van der Waals surface area contributed by atoms with Crippen molar-refractivity contribution in [2.75, 3.05) is 6.61 Å². The molecule has 3 rings (SSSR count). The summed E-state index contributed by atoms with van der Waals surface area (Å²) in [6.45, 7) is 3.65. The van der Waals surface area contributed by atoms with Crippen LogP contribution in [0.15, 0.2) is 22.6 Å². The van der Waals surface area contributed by atoms with Gasteiger partial charge in [0.25, 0.3) is 0 Å². The van der Waals surface area contributed by atoms with Crippen molar-refractivity contribution in [1.82, 2.24) is 10.2 Å². The van der Waals surface area contributed by atoms with Crippen LogP contribution in [0.5, 0.6) is 0 Å². The summed E-state index contributed by atoms with van der Waals surface area (Å²) < 4.78 is 5.73. The van der Waals surface area contributed by atoms with Crippen LogP contribution in [0.1, 0.15) is 43.2 Å². The first-order chi connectivity index (χ1) is 11.9. The third-order valence-corrected chi connectivity index (χ3v) is 4.82. The molecule has 0 amide bonds. The largest absolute Gasteiger partial charge is 0.478 e. The smallest absolute Gasteiger partial charge is 0.335 e. The van der Waals surface area contributed by atoms with Crippen LogP contribution in [0, 0.1) is 6.92 Å². The van der Waals surface area contributed by atoms with Crippen LogP contribution in [0.25, 0.3) is 17.0 Å². The van der Waals surface area contributed by atoms with Crippen LogP contribution >= 0.6 is 11.6 Å². The number of aliphatic hydroxyl groups is 1. The fourth-order valence-corrected chi connectivity index (χ4v) is 3.08. The molecular weight excluding hydrogens is 344 g/mol. The van der Waals surface area contributed by atoms with Crippen molar-refractivity contribution >= 4 is 23.1 Å². The Morgan fingerprint density at radius 3 is 2.68 bits per heavy atom. The standard InChI is InChI=1S/C18H19ClN2O4/c1-3-4-11(16(23)24)12-8-13(14(19)7-10(12)2)15-20-21-17(25-15)18(9-22)5-6-18/h4,7-8,22H,3,5-6,9H2,1-2H3,(H,23,24)/b11-4+. The number of benzene rings is 1.